The van der Waals surface area contributed by atoms with E-state index in [2.05, 4.69) is 22.7 Å². The molecule has 1 aromatic heterocycles. The second-order valence-corrected chi connectivity index (χ2v) is 4.16. The summed E-state index contributed by atoms with van der Waals surface area (Å²) in [6, 6.07) is 0.832. The van der Waals surface area contributed by atoms with Crippen LogP contribution in [0.3, 0.4) is 0 Å². The van der Waals surface area contributed by atoms with Gasteiger partial charge < -0.3 is 10.3 Å². The summed E-state index contributed by atoms with van der Waals surface area (Å²) in [6.45, 7) is 2.19. The monoisotopic (exact) mass is 193 g/mol. The van der Waals surface area contributed by atoms with Gasteiger partial charge in [-0.3, -0.25) is 0 Å². The molecule has 1 heterocycles. The Kier molecular flexibility index (Phi) is 2.87. The highest BCUT2D eigenvalue weighted by Crippen LogP contribution is 2.29. The van der Waals surface area contributed by atoms with Gasteiger partial charge in [-0.25, -0.2) is 4.98 Å². The number of hydrogen-bond acceptors (Lipinski definition) is 2. The average molecular weight is 193 g/mol. The van der Waals surface area contributed by atoms with Gasteiger partial charge in [0.05, 0.1) is 0 Å². The lowest BCUT2D eigenvalue weighted by Crippen LogP contribution is -2.27. The summed E-state index contributed by atoms with van der Waals surface area (Å²) in [7, 11) is 0. The van der Waals surface area contributed by atoms with Crippen molar-refractivity contribution in [2.45, 2.75) is 51.1 Å². The smallest absolute Gasteiger partial charge is 0.108 e. The van der Waals surface area contributed by atoms with Crippen molar-refractivity contribution in [2.24, 2.45) is 5.73 Å². The zero-order valence-electron chi connectivity index (χ0n) is 8.82. The number of hydrogen-bond donors (Lipinski definition) is 1. The van der Waals surface area contributed by atoms with Crippen LogP contribution in [0.15, 0.2) is 12.4 Å². The van der Waals surface area contributed by atoms with E-state index >= 15 is 0 Å². The van der Waals surface area contributed by atoms with Gasteiger partial charge in [0.15, 0.2) is 0 Å². The number of aryl methyl sites for hydroxylation is 1. The van der Waals surface area contributed by atoms with E-state index in [9.17, 15) is 0 Å². The van der Waals surface area contributed by atoms with Crippen molar-refractivity contribution < 1.29 is 0 Å². The van der Waals surface area contributed by atoms with Crippen LogP contribution in [-0.4, -0.2) is 15.6 Å². The number of imidazole rings is 1. The van der Waals surface area contributed by atoms with E-state index in [0.29, 0.717) is 12.1 Å². The first-order chi connectivity index (χ1) is 6.83. The molecule has 0 spiro atoms. The molecule has 1 aliphatic carbocycles. The van der Waals surface area contributed by atoms with Crippen LogP contribution in [0.4, 0.5) is 0 Å². The molecule has 2 atom stereocenters. The molecule has 0 aromatic carbocycles. The van der Waals surface area contributed by atoms with Crippen molar-refractivity contribution in [3.8, 4) is 0 Å². The molecule has 0 amide bonds. The zero-order chi connectivity index (χ0) is 9.97. The molecular weight excluding hydrogens is 174 g/mol. The van der Waals surface area contributed by atoms with Gasteiger partial charge in [-0.15, -0.1) is 0 Å². The molecule has 2 N–H and O–H groups in total. The summed E-state index contributed by atoms with van der Waals surface area (Å²) in [6.07, 6.45) is 9.84. The Balaban J connectivity index is 2.17. The van der Waals surface area contributed by atoms with Crippen LogP contribution in [0.1, 0.15) is 44.5 Å². The minimum absolute atomic E-state index is 0.333. The maximum atomic E-state index is 6.09. The van der Waals surface area contributed by atoms with Gasteiger partial charge >= 0.3 is 0 Å². The third-order valence-electron chi connectivity index (χ3n) is 3.11. The van der Waals surface area contributed by atoms with Crippen LogP contribution in [0, 0.1) is 0 Å². The third kappa shape index (κ3) is 1.69. The van der Waals surface area contributed by atoms with E-state index in [1.54, 1.807) is 0 Å². The Hall–Kier alpha value is -0.830. The van der Waals surface area contributed by atoms with Gasteiger partial charge in [0, 0.05) is 30.9 Å². The molecule has 14 heavy (non-hydrogen) atoms. The van der Waals surface area contributed by atoms with Crippen molar-refractivity contribution in [2.75, 3.05) is 0 Å². The van der Waals surface area contributed by atoms with Crippen molar-refractivity contribution in [1.29, 1.82) is 0 Å². The SMILES string of the molecule is CCCc1nccn1C1CCCC1N. The highest BCUT2D eigenvalue weighted by Gasteiger charge is 2.26. The van der Waals surface area contributed by atoms with Crippen molar-refractivity contribution in [3.05, 3.63) is 18.2 Å². The van der Waals surface area contributed by atoms with E-state index in [0.717, 1.165) is 19.3 Å². The fourth-order valence-corrected chi connectivity index (χ4v) is 2.38. The molecule has 1 aliphatic rings. The van der Waals surface area contributed by atoms with Crippen molar-refractivity contribution in [1.82, 2.24) is 9.55 Å². The average Bonchev–Trinajstić information content (AvgIpc) is 2.74. The maximum absolute atomic E-state index is 6.09. The van der Waals surface area contributed by atoms with Crippen LogP contribution < -0.4 is 5.73 Å². The largest absolute Gasteiger partial charge is 0.330 e. The van der Waals surface area contributed by atoms with E-state index in [-0.39, 0.29) is 0 Å². The first-order valence-corrected chi connectivity index (χ1v) is 5.60. The Morgan fingerprint density at radius 2 is 2.43 bits per heavy atom. The minimum Gasteiger partial charge on any atom is -0.330 e. The van der Waals surface area contributed by atoms with Gasteiger partial charge in [-0.05, 0) is 25.7 Å². The summed E-state index contributed by atoms with van der Waals surface area (Å²) < 4.78 is 2.29. The summed E-state index contributed by atoms with van der Waals surface area (Å²) >= 11 is 0. The topological polar surface area (TPSA) is 43.8 Å². The van der Waals surface area contributed by atoms with Crippen LogP contribution in [0.25, 0.3) is 0 Å². The third-order valence-corrected chi connectivity index (χ3v) is 3.11. The van der Waals surface area contributed by atoms with Crippen LogP contribution >= 0.6 is 0 Å². The van der Waals surface area contributed by atoms with Crippen molar-refractivity contribution in [3.63, 3.8) is 0 Å². The molecule has 0 bridgehead atoms. The lowest BCUT2D eigenvalue weighted by molar-refractivity contribution is 0.446. The summed E-state index contributed by atoms with van der Waals surface area (Å²) in [5.41, 5.74) is 6.09. The summed E-state index contributed by atoms with van der Waals surface area (Å²) in [5.74, 6) is 1.20. The number of nitrogens with zero attached hydrogens (tertiary/aromatic N) is 2. The standard InChI is InChI=1S/C11H19N3/c1-2-4-11-13-7-8-14(11)10-6-3-5-9(10)12/h7-10H,2-6,12H2,1H3. The minimum atomic E-state index is 0.333. The predicted molar refractivity (Wildman–Crippen MR) is 57.1 cm³/mol. The first-order valence-electron chi connectivity index (χ1n) is 5.60. The van der Waals surface area contributed by atoms with E-state index < -0.39 is 0 Å². The normalized spacial score (nSPS) is 27.0. The molecule has 1 fully saturated rings. The van der Waals surface area contributed by atoms with Crippen LogP contribution in [-0.2, 0) is 6.42 Å². The summed E-state index contributed by atoms with van der Waals surface area (Å²) in [4.78, 5) is 4.39. The van der Waals surface area contributed by atoms with E-state index in [4.69, 9.17) is 5.73 Å². The lowest BCUT2D eigenvalue weighted by Gasteiger charge is -2.19. The molecule has 1 saturated carbocycles. The quantitative estimate of drug-likeness (QED) is 0.796. The Morgan fingerprint density at radius 1 is 1.57 bits per heavy atom. The summed E-state index contributed by atoms with van der Waals surface area (Å²) in [5, 5.41) is 0. The molecule has 1 aromatic rings. The molecule has 0 saturated heterocycles. The van der Waals surface area contributed by atoms with Gasteiger partial charge in [-0.2, -0.15) is 0 Å². The number of rotatable bonds is 3. The molecule has 0 radical (unpaired) electrons. The highest BCUT2D eigenvalue weighted by atomic mass is 15.1. The number of aromatic nitrogens is 2. The maximum Gasteiger partial charge on any atom is 0.108 e. The Labute approximate surface area is 85.3 Å². The fourth-order valence-electron chi connectivity index (χ4n) is 2.38. The molecule has 2 unspecified atom stereocenters. The van der Waals surface area contributed by atoms with Crippen LogP contribution in [0.2, 0.25) is 0 Å². The Bertz CT molecular complexity index is 292. The zero-order valence-corrected chi connectivity index (χ0v) is 8.82. The van der Waals surface area contributed by atoms with Gasteiger partial charge in [0.25, 0.3) is 0 Å². The predicted octanol–water partition coefficient (Wildman–Crippen LogP) is 1.89. The van der Waals surface area contributed by atoms with E-state index in [1.165, 1.54) is 18.7 Å². The number of nitrogens with two attached hydrogens (primary N) is 1. The first kappa shape index (κ1) is 9.71. The van der Waals surface area contributed by atoms with Gasteiger partial charge in [0.1, 0.15) is 5.82 Å². The van der Waals surface area contributed by atoms with Crippen LogP contribution in [0.5, 0.6) is 0 Å². The molecule has 3 heteroatoms. The lowest BCUT2D eigenvalue weighted by atomic mass is 10.2. The highest BCUT2D eigenvalue weighted by molar-refractivity contribution is 4.99. The fraction of sp³-hybridized carbons (Fsp3) is 0.727. The molecule has 2 rings (SSSR count). The molecule has 0 aliphatic heterocycles. The van der Waals surface area contributed by atoms with E-state index in [1.807, 2.05) is 6.20 Å². The Morgan fingerprint density at radius 3 is 3.07 bits per heavy atom. The van der Waals surface area contributed by atoms with Crippen molar-refractivity contribution >= 4 is 0 Å². The molecule has 3 nitrogen and oxygen atoms in total. The second-order valence-electron chi connectivity index (χ2n) is 4.16. The van der Waals surface area contributed by atoms with Gasteiger partial charge in [0.2, 0.25) is 0 Å². The molecular formula is C11H19N3. The van der Waals surface area contributed by atoms with Gasteiger partial charge in [-0.1, -0.05) is 6.92 Å². The second kappa shape index (κ2) is 4.13. The molecule has 78 valence electrons.